The topological polar surface area (TPSA) is 169 Å². The number of hydrogen-bond donors (Lipinski definition) is 4. The van der Waals surface area contributed by atoms with Crippen LogP contribution >= 0.6 is 7.82 Å². The molecule has 3 unspecified atom stereocenters. The molecule has 12 heteroatoms. The molecule has 0 aliphatic rings. The Balaban J connectivity index is 4.16. The van der Waals surface area contributed by atoms with Crippen molar-refractivity contribution in [2.24, 2.45) is 0 Å². The molecule has 0 bridgehead atoms. The standard InChI is InChI=1S/C26H44NO10P/c1-3-5-6-7-8-9-10-11-12-13-14-15-16-18-24(29)27-23(26(31)32)21-37-38(33,34)36-20-22(28)19-35-25(30)17-4-2/h5-6,8-9,11-12,22-23,28H,3-4,7,10,13-21H2,1-2H3,(H,27,29)(H,31,32)(H,33,34)/b6-5-,9-8-,12-11-. The Labute approximate surface area is 225 Å². The molecule has 0 spiro atoms. The van der Waals surface area contributed by atoms with Gasteiger partial charge < -0.3 is 25.2 Å². The van der Waals surface area contributed by atoms with E-state index in [1.807, 2.05) is 0 Å². The van der Waals surface area contributed by atoms with Gasteiger partial charge in [-0.15, -0.1) is 0 Å². The number of rotatable bonds is 23. The summed E-state index contributed by atoms with van der Waals surface area (Å²) in [4.78, 5) is 44.4. The minimum Gasteiger partial charge on any atom is -0.480 e. The number of esters is 1. The van der Waals surface area contributed by atoms with Crippen molar-refractivity contribution in [1.29, 1.82) is 0 Å². The molecule has 0 saturated carbocycles. The average molecular weight is 562 g/mol. The predicted octanol–water partition coefficient (Wildman–Crippen LogP) is 4.20. The fourth-order valence-electron chi connectivity index (χ4n) is 2.89. The van der Waals surface area contributed by atoms with Gasteiger partial charge in [-0.3, -0.25) is 18.6 Å². The lowest BCUT2D eigenvalue weighted by Crippen LogP contribution is -2.43. The lowest BCUT2D eigenvalue weighted by atomic mass is 10.1. The third-order valence-electron chi connectivity index (χ3n) is 4.91. The average Bonchev–Trinajstić information content (AvgIpc) is 2.87. The Morgan fingerprint density at radius 2 is 1.50 bits per heavy atom. The first-order valence-corrected chi connectivity index (χ1v) is 14.5. The lowest BCUT2D eigenvalue weighted by Gasteiger charge is -2.18. The van der Waals surface area contributed by atoms with Gasteiger partial charge in [-0.25, -0.2) is 9.36 Å². The summed E-state index contributed by atoms with van der Waals surface area (Å²) in [7, 11) is -4.72. The Morgan fingerprint density at radius 3 is 2.13 bits per heavy atom. The molecule has 218 valence electrons. The van der Waals surface area contributed by atoms with Crippen molar-refractivity contribution >= 4 is 25.7 Å². The van der Waals surface area contributed by atoms with Gasteiger partial charge >= 0.3 is 19.8 Å². The number of unbranched alkanes of at least 4 members (excludes halogenated alkanes) is 3. The fraction of sp³-hybridized carbons (Fsp3) is 0.654. The Hall–Kier alpha value is -2.30. The zero-order valence-electron chi connectivity index (χ0n) is 22.5. The summed E-state index contributed by atoms with van der Waals surface area (Å²) in [6.45, 7) is 1.95. The van der Waals surface area contributed by atoms with Crippen molar-refractivity contribution in [2.45, 2.75) is 90.2 Å². The monoisotopic (exact) mass is 561 g/mol. The van der Waals surface area contributed by atoms with Crippen LogP contribution in [0.1, 0.15) is 78.1 Å². The van der Waals surface area contributed by atoms with Gasteiger partial charge in [0.15, 0.2) is 6.04 Å². The number of allylic oxidation sites excluding steroid dienone is 6. The first-order valence-electron chi connectivity index (χ1n) is 13.0. The van der Waals surface area contributed by atoms with Gasteiger partial charge in [0.1, 0.15) is 12.7 Å². The highest BCUT2D eigenvalue weighted by atomic mass is 31.2. The molecule has 1 amide bonds. The van der Waals surface area contributed by atoms with E-state index >= 15 is 0 Å². The van der Waals surface area contributed by atoms with Gasteiger partial charge in [-0.2, -0.15) is 0 Å². The molecule has 0 aliphatic carbocycles. The van der Waals surface area contributed by atoms with Crippen molar-refractivity contribution in [1.82, 2.24) is 5.32 Å². The molecular weight excluding hydrogens is 517 g/mol. The number of aliphatic hydroxyl groups excluding tert-OH is 1. The quantitative estimate of drug-likeness (QED) is 0.0614. The van der Waals surface area contributed by atoms with Crippen molar-refractivity contribution in [3.63, 3.8) is 0 Å². The van der Waals surface area contributed by atoms with E-state index in [-0.39, 0.29) is 12.8 Å². The summed E-state index contributed by atoms with van der Waals surface area (Å²) in [5, 5.41) is 21.2. The summed E-state index contributed by atoms with van der Waals surface area (Å²) in [6.07, 6.45) is 18.2. The normalized spacial score (nSPS) is 15.1. The molecule has 0 aliphatic heterocycles. The Kier molecular flexibility index (Phi) is 21.3. The number of ether oxygens (including phenoxy) is 1. The van der Waals surface area contributed by atoms with Gasteiger partial charge in [0, 0.05) is 12.8 Å². The van der Waals surface area contributed by atoms with E-state index < -0.39 is 57.6 Å². The third kappa shape index (κ3) is 21.8. The van der Waals surface area contributed by atoms with E-state index in [2.05, 4.69) is 57.7 Å². The van der Waals surface area contributed by atoms with Gasteiger partial charge in [-0.1, -0.05) is 56.7 Å². The van der Waals surface area contributed by atoms with Crippen LogP contribution in [0.15, 0.2) is 36.5 Å². The number of aliphatic carboxylic acids is 1. The minimum atomic E-state index is -4.72. The summed E-state index contributed by atoms with van der Waals surface area (Å²) in [5.41, 5.74) is 0. The van der Waals surface area contributed by atoms with Crippen LogP contribution in [-0.4, -0.2) is 64.9 Å². The lowest BCUT2D eigenvalue weighted by molar-refractivity contribution is -0.147. The minimum absolute atomic E-state index is 0.109. The zero-order valence-corrected chi connectivity index (χ0v) is 23.4. The van der Waals surface area contributed by atoms with E-state index in [1.54, 1.807) is 6.92 Å². The van der Waals surface area contributed by atoms with Gasteiger partial charge in [0.2, 0.25) is 5.91 Å². The molecule has 0 aromatic rings. The van der Waals surface area contributed by atoms with E-state index in [9.17, 15) is 34.1 Å². The second-order valence-corrected chi connectivity index (χ2v) is 9.95. The molecule has 0 aromatic carbocycles. The molecule has 0 fully saturated rings. The fourth-order valence-corrected chi connectivity index (χ4v) is 3.66. The summed E-state index contributed by atoms with van der Waals surface area (Å²) in [6, 6.07) is -1.56. The Morgan fingerprint density at radius 1 is 0.868 bits per heavy atom. The predicted molar refractivity (Wildman–Crippen MR) is 143 cm³/mol. The second kappa shape index (κ2) is 22.7. The highest BCUT2D eigenvalue weighted by molar-refractivity contribution is 7.47. The number of carbonyl (C=O) groups excluding carboxylic acids is 2. The molecule has 0 heterocycles. The van der Waals surface area contributed by atoms with Crippen LogP contribution in [0.25, 0.3) is 0 Å². The van der Waals surface area contributed by atoms with Crippen molar-refractivity contribution in [2.75, 3.05) is 19.8 Å². The number of carboxylic acid groups (broad SMARTS) is 1. The van der Waals surface area contributed by atoms with Gasteiger partial charge in [-0.05, 0) is 44.9 Å². The molecule has 0 radical (unpaired) electrons. The van der Waals surface area contributed by atoms with Crippen molar-refractivity contribution < 1.29 is 47.8 Å². The SMILES string of the molecule is CC/C=C\C/C=C\C/C=C\CCCCCC(=O)NC(COP(=O)(O)OCC(O)COC(=O)CCC)C(=O)O. The van der Waals surface area contributed by atoms with Crippen LogP contribution in [0.2, 0.25) is 0 Å². The van der Waals surface area contributed by atoms with E-state index in [1.165, 1.54) is 0 Å². The summed E-state index contributed by atoms with van der Waals surface area (Å²) >= 11 is 0. The van der Waals surface area contributed by atoms with Crippen LogP contribution in [0.4, 0.5) is 0 Å². The largest absolute Gasteiger partial charge is 0.480 e. The van der Waals surface area contributed by atoms with Crippen molar-refractivity contribution in [3.8, 4) is 0 Å². The maximum atomic E-state index is 12.1. The molecule has 11 nitrogen and oxygen atoms in total. The third-order valence-corrected chi connectivity index (χ3v) is 5.86. The smallest absolute Gasteiger partial charge is 0.472 e. The summed E-state index contributed by atoms with van der Waals surface area (Å²) < 4.78 is 26.0. The molecule has 38 heavy (non-hydrogen) atoms. The zero-order chi connectivity index (χ0) is 28.7. The molecular formula is C26H44NO10P. The molecule has 4 N–H and O–H groups in total. The van der Waals surface area contributed by atoms with Crippen LogP contribution in [-0.2, 0) is 32.7 Å². The maximum Gasteiger partial charge on any atom is 0.472 e. The highest BCUT2D eigenvalue weighted by Crippen LogP contribution is 2.43. The first-order chi connectivity index (χ1) is 18.1. The number of amides is 1. The number of phosphoric ester groups is 1. The van der Waals surface area contributed by atoms with Crippen molar-refractivity contribution in [3.05, 3.63) is 36.5 Å². The highest BCUT2D eigenvalue weighted by Gasteiger charge is 2.28. The number of carboxylic acids is 1. The van der Waals surface area contributed by atoms with E-state index in [4.69, 9.17) is 4.74 Å². The van der Waals surface area contributed by atoms with Crippen LogP contribution in [0.3, 0.4) is 0 Å². The number of aliphatic hydroxyl groups is 1. The van der Waals surface area contributed by atoms with E-state index in [0.717, 1.165) is 38.5 Å². The Bertz CT molecular complexity index is 812. The number of phosphoric acid groups is 1. The van der Waals surface area contributed by atoms with E-state index in [0.29, 0.717) is 12.8 Å². The summed E-state index contributed by atoms with van der Waals surface area (Å²) in [5.74, 6) is -2.49. The van der Waals surface area contributed by atoms with Crippen LogP contribution in [0.5, 0.6) is 0 Å². The maximum absolute atomic E-state index is 12.1. The molecule has 0 saturated heterocycles. The van der Waals surface area contributed by atoms with Crippen LogP contribution < -0.4 is 5.32 Å². The number of carbonyl (C=O) groups is 3. The molecule has 3 atom stereocenters. The van der Waals surface area contributed by atoms with Crippen LogP contribution in [0, 0.1) is 0 Å². The number of nitrogens with one attached hydrogen (secondary N) is 1. The van der Waals surface area contributed by atoms with Gasteiger partial charge in [0.05, 0.1) is 13.2 Å². The molecule has 0 aromatic heterocycles. The first kappa shape index (κ1) is 35.7. The second-order valence-electron chi connectivity index (χ2n) is 8.50. The molecule has 0 rings (SSSR count). The van der Waals surface area contributed by atoms with Gasteiger partial charge in [0.25, 0.3) is 0 Å². The number of hydrogen-bond acceptors (Lipinski definition) is 8.